The molecule has 1 spiro atoms. The molecule has 3 heterocycles. The molecule has 220 valence electrons. The predicted octanol–water partition coefficient (Wildman–Crippen LogP) is 4.55. The zero-order valence-electron chi connectivity index (χ0n) is 22.7. The van der Waals surface area contributed by atoms with Crippen LogP contribution in [0.25, 0.3) is 22.1 Å². The first-order valence-corrected chi connectivity index (χ1v) is 15.6. The predicted molar refractivity (Wildman–Crippen MR) is 154 cm³/mol. The van der Waals surface area contributed by atoms with Gasteiger partial charge in [0.05, 0.1) is 41.2 Å². The molecule has 1 amide bonds. The van der Waals surface area contributed by atoms with E-state index in [0.29, 0.717) is 52.0 Å². The van der Waals surface area contributed by atoms with E-state index < -0.39 is 34.2 Å². The number of nitrogens with zero attached hydrogens (tertiary/aromatic N) is 2. The van der Waals surface area contributed by atoms with Gasteiger partial charge in [0.15, 0.2) is 5.58 Å². The van der Waals surface area contributed by atoms with Crippen LogP contribution in [0.1, 0.15) is 48.9 Å². The van der Waals surface area contributed by atoms with E-state index >= 15 is 0 Å². The molecule has 3 aromatic rings. The molecule has 0 unspecified atom stereocenters. The Morgan fingerprint density at radius 1 is 1.00 bits per heavy atom. The van der Waals surface area contributed by atoms with Crippen LogP contribution in [0.3, 0.4) is 0 Å². The summed E-state index contributed by atoms with van der Waals surface area (Å²) in [6.45, 7) is 1.06. The minimum Gasteiger partial charge on any atom is -0.462 e. The van der Waals surface area contributed by atoms with Gasteiger partial charge in [-0.15, -0.1) is 0 Å². The van der Waals surface area contributed by atoms with Crippen LogP contribution in [0.2, 0.25) is 0 Å². The molecule has 2 saturated heterocycles. The van der Waals surface area contributed by atoms with Crippen LogP contribution in [0.5, 0.6) is 0 Å². The fourth-order valence-electron chi connectivity index (χ4n) is 6.23. The van der Waals surface area contributed by atoms with Gasteiger partial charge in [-0.1, -0.05) is 0 Å². The van der Waals surface area contributed by atoms with Crippen molar-refractivity contribution in [2.45, 2.75) is 44.4 Å². The molecule has 0 atom stereocenters. The van der Waals surface area contributed by atoms with Crippen molar-refractivity contribution in [3.05, 3.63) is 42.2 Å². The number of benzene rings is 2. The Kier molecular flexibility index (Phi) is 6.88. The lowest BCUT2D eigenvalue weighted by atomic mass is 9.90. The van der Waals surface area contributed by atoms with Gasteiger partial charge in [-0.05, 0) is 67.0 Å². The highest BCUT2D eigenvalue weighted by atomic mass is 32.2. The maximum absolute atomic E-state index is 14.0. The normalized spacial score (nSPS) is 20.0. The van der Waals surface area contributed by atoms with Gasteiger partial charge >= 0.3 is 0 Å². The molecule has 3 aliphatic rings. The summed E-state index contributed by atoms with van der Waals surface area (Å²) in [5, 5.41) is 10.1. The second-order valence-electron chi connectivity index (χ2n) is 11.6. The molecule has 3 fully saturated rings. The third-order valence-corrected chi connectivity index (χ3v) is 10.1. The van der Waals surface area contributed by atoms with E-state index in [1.165, 1.54) is 31.2 Å². The summed E-state index contributed by atoms with van der Waals surface area (Å²) in [4.78, 5) is 16.7. The van der Waals surface area contributed by atoms with E-state index in [0.717, 1.165) is 12.8 Å². The van der Waals surface area contributed by atoms with Gasteiger partial charge < -0.3 is 25.1 Å². The standard InChI is InChI=1S/C29H34F2N4O5S/c30-29(31)8-12-34(13-9-29)23-18-20(17-19-3-15-40-26(19)23)24-22(33-41(38,39)16-14-36)2-1-21(27(32)37)25(24)35-10-6-28(4-5-28)7-11-35/h1-3,15,17-18,33,36H,4-14,16H2,(H2,32,37). The van der Waals surface area contributed by atoms with Gasteiger partial charge in [0.1, 0.15) is 0 Å². The zero-order valence-corrected chi connectivity index (χ0v) is 23.5. The summed E-state index contributed by atoms with van der Waals surface area (Å²) in [5.74, 6) is -3.87. The number of amides is 1. The van der Waals surface area contributed by atoms with Gasteiger partial charge in [-0.2, -0.15) is 0 Å². The number of furan rings is 1. The first-order chi connectivity index (χ1) is 19.5. The van der Waals surface area contributed by atoms with Gasteiger partial charge in [0, 0.05) is 50.0 Å². The van der Waals surface area contributed by atoms with Crippen molar-refractivity contribution in [3.63, 3.8) is 0 Å². The lowest BCUT2D eigenvalue weighted by Gasteiger charge is -2.37. The fraction of sp³-hybridized carbons (Fsp3) is 0.483. The Morgan fingerprint density at radius 3 is 2.32 bits per heavy atom. The third kappa shape index (κ3) is 5.46. The molecule has 1 aliphatic carbocycles. The van der Waals surface area contributed by atoms with Gasteiger partial charge in [0.25, 0.3) is 11.8 Å². The molecule has 0 bridgehead atoms. The molecule has 1 saturated carbocycles. The number of aliphatic hydroxyl groups excluding tert-OH is 1. The summed E-state index contributed by atoms with van der Waals surface area (Å²) in [6.07, 6.45) is 5.24. The first kappa shape index (κ1) is 27.8. The summed E-state index contributed by atoms with van der Waals surface area (Å²) in [5.41, 5.74) is 9.50. The molecule has 12 heteroatoms. The molecule has 41 heavy (non-hydrogen) atoms. The number of piperidine rings is 2. The maximum Gasteiger partial charge on any atom is 0.251 e. The van der Waals surface area contributed by atoms with Crippen LogP contribution >= 0.6 is 0 Å². The van der Waals surface area contributed by atoms with Gasteiger partial charge in [0.2, 0.25) is 10.0 Å². The summed E-state index contributed by atoms with van der Waals surface area (Å²) in [6, 6.07) is 8.48. The molecule has 0 radical (unpaired) electrons. The van der Waals surface area contributed by atoms with Crippen molar-refractivity contribution in [1.82, 2.24) is 0 Å². The van der Waals surface area contributed by atoms with E-state index in [1.807, 2.05) is 17.0 Å². The van der Waals surface area contributed by atoms with E-state index in [1.54, 1.807) is 6.07 Å². The number of sulfonamides is 1. The summed E-state index contributed by atoms with van der Waals surface area (Å²) in [7, 11) is -3.93. The molecule has 1 aromatic heterocycles. The molecule has 2 aromatic carbocycles. The second-order valence-corrected chi connectivity index (χ2v) is 13.4. The molecule has 2 aliphatic heterocycles. The number of hydrogen-bond acceptors (Lipinski definition) is 7. The molecule has 9 nitrogen and oxygen atoms in total. The van der Waals surface area contributed by atoms with Crippen LogP contribution in [-0.4, -0.2) is 63.9 Å². The molecular formula is C29H34F2N4O5S. The summed E-state index contributed by atoms with van der Waals surface area (Å²) >= 11 is 0. The topological polar surface area (TPSA) is 129 Å². The van der Waals surface area contributed by atoms with Crippen LogP contribution in [-0.2, 0) is 10.0 Å². The number of anilines is 3. The Bertz CT molecular complexity index is 1580. The smallest absolute Gasteiger partial charge is 0.251 e. The number of carbonyl (C=O) groups excluding carboxylic acids is 1. The highest BCUT2D eigenvalue weighted by Gasteiger charge is 2.45. The minimum absolute atomic E-state index is 0.130. The largest absolute Gasteiger partial charge is 0.462 e. The van der Waals surface area contributed by atoms with Crippen molar-refractivity contribution in [3.8, 4) is 11.1 Å². The van der Waals surface area contributed by atoms with E-state index in [4.69, 9.17) is 10.2 Å². The zero-order chi connectivity index (χ0) is 29.0. The Hall–Kier alpha value is -3.38. The van der Waals surface area contributed by atoms with E-state index in [9.17, 15) is 27.1 Å². The minimum atomic E-state index is -3.93. The number of alkyl halides is 2. The van der Waals surface area contributed by atoms with Crippen molar-refractivity contribution >= 4 is 44.0 Å². The number of primary amides is 1. The molecule has 4 N–H and O–H groups in total. The van der Waals surface area contributed by atoms with Crippen molar-refractivity contribution < 1.29 is 31.5 Å². The van der Waals surface area contributed by atoms with Crippen LogP contribution in [0.15, 0.2) is 41.0 Å². The molecular weight excluding hydrogens is 554 g/mol. The fourth-order valence-corrected chi connectivity index (χ4v) is 7.08. The van der Waals surface area contributed by atoms with Crippen molar-refractivity contribution in [2.75, 3.05) is 53.1 Å². The maximum atomic E-state index is 14.0. The quantitative estimate of drug-likeness (QED) is 0.352. The lowest BCUT2D eigenvalue weighted by Crippen LogP contribution is -2.39. The monoisotopic (exact) mass is 588 g/mol. The van der Waals surface area contributed by atoms with Crippen molar-refractivity contribution in [1.29, 1.82) is 0 Å². The Morgan fingerprint density at radius 2 is 1.68 bits per heavy atom. The first-order valence-electron chi connectivity index (χ1n) is 14.0. The van der Waals surface area contributed by atoms with Gasteiger partial charge in [-0.25, -0.2) is 17.2 Å². The SMILES string of the molecule is NC(=O)c1ccc(NS(=O)(=O)CCO)c(-c2cc(N3CCC(F)(F)CC3)c3occc3c2)c1N1CCC2(CC1)CC2. The summed E-state index contributed by atoms with van der Waals surface area (Å²) < 4.78 is 62.1. The highest BCUT2D eigenvalue weighted by molar-refractivity contribution is 7.92. The van der Waals surface area contributed by atoms with Crippen molar-refractivity contribution in [2.24, 2.45) is 11.1 Å². The number of nitrogens with two attached hydrogens (primary N) is 1. The number of aliphatic hydroxyl groups is 1. The van der Waals surface area contributed by atoms with Gasteiger partial charge in [-0.3, -0.25) is 9.52 Å². The van der Waals surface area contributed by atoms with E-state index in [2.05, 4.69) is 9.62 Å². The van der Waals surface area contributed by atoms with Crippen LogP contribution in [0.4, 0.5) is 25.8 Å². The number of halogens is 2. The molecule has 6 rings (SSSR count). The number of hydrogen-bond donors (Lipinski definition) is 3. The van der Waals surface area contributed by atoms with Crippen LogP contribution in [0, 0.1) is 5.41 Å². The Labute approximate surface area is 237 Å². The average Bonchev–Trinajstić information content (AvgIpc) is 3.49. The third-order valence-electron chi connectivity index (χ3n) is 8.82. The van der Waals surface area contributed by atoms with E-state index in [-0.39, 0.29) is 37.2 Å². The highest BCUT2D eigenvalue weighted by Crippen LogP contribution is 2.55. The number of nitrogens with one attached hydrogen (secondary N) is 1. The number of rotatable bonds is 8. The Balaban J connectivity index is 1.54. The lowest BCUT2D eigenvalue weighted by molar-refractivity contribution is -0.0220. The second kappa shape index (κ2) is 10.2. The average molecular weight is 589 g/mol. The number of fused-ring (bicyclic) bond motifs is 1. The number of carbonyl (C=O) groups is 1. The van der Waals surface area contributed by atoms with Crippen LogP contribution < -0.4 is 20.3 Å².